The molecule has 1 aromatic carbocycles. The molecule has 1 aromatic heterocycles. The molecule has 6 nitrogen and oxygen atoms in total. The number of thiazole rings is 1. The summed E-state index contributed by atoms with van der Waals surface area (Å²) in [6, 6.07) is 8.61. The number of rotatable bonds is 7. The van der Waals surface area contributed by atoms with Crippen molar-refractivity contribution in [2.24, 2.45) is 4.99 Å². The van der Waals surface area contributed by atoms with Crippen molar-refractivity contribution in [3.63, 3.8) is 0 Å². The summed E-state index contributed by atoms with van der Waals surface area (Å²) in [5.41, 5.74) is 1.16. The SMILES string of the molecule is CCNC(=NCCc1ncc(C)s1)NC1CCCN(c2ccccc2OC)C1. The van der Waals surface area contributed by atoms with Gasteiger partial charge in [0.2, 0.25) is 0 Å². The van der Waals surface area contributed by atoms with Crippen molar-refractivity contribution in [3.8, 4) is 5.75 Å². The molecule has 152 valence electrons. The predicted octanol–water partition coefficient (Wildman–Crippen LogP) is 3.23. The lowest BCUT2D eigenvalue weighted by molar-refractivity contribution is 0.408. The predicted molar refractivity (Wildman–Crippen MR) is 118 cm³/mol. The van der Waals surface area contributed by atoms with E-state index in [2.05, 4.69) is 46.5 Å². The molecule has 3 rings (SSSR count). The van der Waals surface area contributed by atoms with Crippen LogP contribution in [0.2, 0.25) is 0 Å². The minimum atomic E-state index is 0.360. The van der Waals surface area contributed by atoms with Gasteiger partial charge in [-0.15, -0.1) is 11.3 Å². The molecule has 2 aromatic rings. The molecular formula is C21H31N5OS. The lowest BCUT2D eigenvalue weighted by atomic mass is 10.0. The monoisotopic (exact) mass is 401 g/mol. The lowest BCUT2D eigenvalue weighted by Gasteiger charge is -2.36. The van der Waals surface area contributed by atoms with Gasteiger partial charge in [0.15, 0.2) is 5.96 Å². The first kappa shape index (κ1) is 20.5. The molecule has 1 fully saturated rings. The Morgan fingerprint density at radius 3 is 3.00 bits per heavy atom. The van der Waals surface area contributed by atoms with E-state index in [-0.39, 0.29) is 0 Å². The van der Waals surface area contributed by atoms with E-state index in [1.54, 1.807) is 18.4 Å². The van der Waals surface area contributed by atoms with Crippen molar-refractivity contribution >= 4 is 23.0 Å². The van der Waals surface area contributed by atoms with Crippen molar-refractivity contribution in [1.82, 2.24) is 15.6 Å². The quantitative estimate of drug-likeness (QED) is 0.551. The average molecular weight is 402 g/mol. The average Bonchev–Trinajstić information content (AvgIpc) is 3.13. The minimum Gasteiger partial charge on any atom is -0.495 e. The number of piperidine rings is 1. The maximum atomic E-state index is 5.55. The number of benzene rings is 1. The van der Waals surface area contributed by atoms with Gasteiger partial charge >= 0.3 is 0 Å². The third-order valence-electron chi connectivity index (χ3n) is 4.80. The Hall–Kier alpha value is -2.28. The molecule has 0 bridgehead atoms. The van der Waals surface area contributed by atoms with Gasteiger partial charge in [0, 0.05) is 49.7 Å². The van der Waals surface area contributed by atoms with Crippen LogP contribution in [0.4, 0.5) is 5.69 Å². The van der Waals surface area contributed by atoms with Crippen LogP contribution in [0.15, 0.2) is 35.5 Å². The molecular weight excluding hydrogens is 370 g/mol. The Labute approximate surface area is 172 Å². The van der Waals surface area contributed by atoms with Crippen molar-refractivity contribution in [2.75, 3.05) is 38.2 Å². The van der Waals surface area contributed by atoms with E-state index in [4.69, 9.17) is 9.73 Å². The molecule has 1 aliphatic heterocycles. The van der Waals surface area contributed by atoms with E-state index in [1.807, 2.05) is 18.3 Å². The van der Waals surface area contributed by atoms with Gasteiger partial charge in [-0.05, 0) is 38.8 Å². The summed E-state index contributed by atoms with van der Waals surface area (Å²) in [5.74, 6) is 1.82. The van der Waals surface area contributed by atoms with E-state index in [0.717, 1.165) is 67.8 Å². The van der Waals surface area contributed by atoms with Crippen molar-refractivity contribution in [3.05, 3.63) is 40.3 Å². The fraction of sp³-hybridized carbons (Fsp3) is 0.524. The number of guanidine groups is 1. The molecule has 0 radical (unpaired) electrons. The Kier molecular flexibility index (Phi) is 7.54. The number of aromatic nitrogens is 1. The number of nitrogens with zero attached hydrogens (tertiary/aromatic N) is 3. The fourth-order valence-corrected chi connectivity index (χ4v) is 4.27. The maximum Gasteiger partial charge on any atom is 0.191 e. The van der Waals surface area contributed by atoms with Crippen molar-refractivity contribution < 1.29 is 4.74 Å². The second-order valence-corrected chi connectivity index (χ2v) is 8.30. The first-order valence-electron chi connectivity index (χ1n) is 10.0. The molecule has 2 heterocycles. The van der Waals surface area contributed by atoms with Gasteiger partial charge in [0.1, 0.15) is 5.75 Å². The van der Waals surface area contributed by atoms with Gasteiger partial charge in [0.25, 0.3) is 0 Å². The van der Waals surface area contributed by atoms with E-state index in [0.29, 0.717) is 6.04 Å². The summed E-state index contributed by atoms with van der Waals surface area (Å²) >= 11 is 1.75. The van der Waals surface area contributed by atoms with E-state index in [9.17, 15) is 0 Å². The van der Waals surface area contributed by atoms with Crippen LogP contribution >= 0.6 is 11.3 Å². The minimum absolute atomic E-state index is 0.360. The molecule has 1 aliphatic rings. The van der Waals surface area contributed by atoms with Crippen LogP contribution in [0.1, 0.15) is 29.7 Å². The highest BCUT2D eigenvalue weighted by Crippen LogP contribution is 2.29. The Balaban J connectivity index is 1.59. The number of nitrogens with one attached hydrogen (secondary N) is 2. The summed E-state index contributed by atoms with van der Waals surface area (Å²) in [6.07, 6.45) is 5.10. The number of hydrogen-bond acceptors (Lipinski definition) is 5. The zero-order valence-corrected chi connectivity index (χ0v) is 17.9. The topological polar surface area (TPSA) is 61.8 Å². The Morgan fingerprint density at radius 1 is 1.39 bits per heavy atom. The molecule has 0 spiro atoms. The molecule has 28 heavy (non-hydrogen) atoms. The van der Waals surface area contributed by atoms with Crippen LogP contribution in [0.3, 0.4) is 0 Å². The highest BCUT2D eigenvalue weighted by Gasteiger charge is 2.22. The number of para-hydroxylation sites is 2. The summed E-state index contributed by atoms with van der Waals surface area (Å²) < 4.78 is 5.55. The van der Waals surface area contributed by atoms with Crippen LogP contribution in [0.5, 0.6) is 5.75 Å². The highest BCUT2D eigenvalue weighted by molar-refractivity contribution is 7.11. The van der Waals surface area contributed by atoms with E-state index in [1.165, 1.54) is 4.88 Å². The standard InChI is InChI=1S/C21H31N5OS/c1-4-22-21(23-12-11-20-24-14-16(2)28-20)25-17-8-7-13-26(15-17)18-9-5-6-10-19(18)27-3/h5-6,9-10,14,17H,4,7-8,11-13,15H2,1-3H3,(H2,22,23,25). The van der Waals surface area contributed by atoms with Crippen LogP contribution in [-0.2, 0) is 6.42 Å². The summed E-state index contributed by atoms with van der Waals surface area (Å²) in [7, 11) is 1.73. The van der Waals surface area contributed by atoms with Crippen molar-refractivity contribution in [2.45, 2.75) is 39.2 Å². The molecule has 1 atom stereocenters. The Morgan fingerprint density at radius 2 is 2.25 bits per heavy atom. The summed E-state index contributed by atoms with van der Waals surface area (Å²) in [4.78, 5) is 12.8. The molecule has 0 amide bonds. The van der Waals surface area contributed by atoms with Gasteiger partial charge in [-0.25, -0.2) is 4.98 Å². The third-order valence-corrected chi connectivity index (χ3v) is 5.77. The summed E-state index contributed by atoms with van der Waals surface area (Å²) in [6.45, 7) is 7.78. The molecule has 2 N–H and O–H groups in total. The molecule has 7 heteroatoms. The lowest BCUT2D eigenvalue weighted by Crippen LogP contribution is -2.51. The fourth-order valence-electron chi connectivity index (χ4n) is 3.50. The second-order valence-electron chi connectivity index (χ2n) is 6.98. The van der Waals surface area contributed by atoms with E-state index < -0.39 is 0 Å². The number of ether oxygens (including phenoxy) is 1. The largest absolute Gasteiger partial charge is 0.495 e. The van der Waals surface area contributed by atoms with Crippen LogP contribution in [0.25, 0.3) is 0 Å². The number of aryl methyl sites for hydroxylation is 1. The number of aliphatic imine (C=N–C) groups is 1. The number of hydrogen-bond donors (Lipinski definition) is 2. The number of anilines is 1. The first-order chi connectivity index (χ1) is 13.7. The maximum absolute atomic E-state index is 5.55. The zero-order valence-electron chi connectivity index (χ0n) is 17.1. The molecule has 1 saturated heterocycles. The van der Waals surface area contributed by atoms with Gasteiger partial charge in [-0.1, -0.05) is 12.1 Å². The van der Waals surface area contributed by atoms with Crippen molar-refractivity contribution in [1.29, 1.82) is 0 Å². The summed E-state index contributed by atoms with van der Waals surface area (Å²) in [5, 5.41) is 8.15. The highest BCUT2D eigenvalue weighted by atomic mass is 32.1. The molecule has 1 unspecified atom stereocenters. The smallest absolute Gasteiger partial charge is 0.191 e. The number of methoxy groups -OCH3 is 1. The van der Waals surface area contributed by atoms with Gasteiger partial charge in [-0.3, -0.25) is 4.99 Å². The van der Waals surface area contributed by atoms with Gasteiger partial charge in [0.05, 0.1) is 17.8 Å². The second kappa shape index (κ2) is 10.3. The molecule has 0 saturated carbocycles. The Bertz CT molecular complexity index is 776. The van der Waals surface area contributed by atoms with Crippen LogP contribution < -0.4 is 20.3 Å². The zero-order chi connectivity index (χ0) is 19.8. The van der Waals surface area contributed by atoms with Crippen LogP contribution in [-0.4, -0.2) is 50.3 Å². The normalized spacial score (nSPS) is 17.5. The first-order valence-corrected chi connectivity index (χ1v) is 10.9. The third kappa shape index (κ3) is 5.61. The van der Waals surface area contributed by atoms with Gasteiger partial charge in [-0.2, -0.15) is 0 Å². The molecule has 0 aliphatic carbocycles. The van der Waals surface area contributed by atoms with E-state index >= 15 is 0 Å². The van der Waals surface area contributed by atoms with Crippen LogP contribution in [0, 0.1) is 6.92 Å². The van der Waals surface area contributed by atoms with Gasteiger partial charge < -0.3 is 20.3 Å².